The van der Waals surface area contributed by atoms with Crippen molar-refractivity contribution in [2.75, 3.05) is 7.11 Å². The summed E-state index contributed by atoms with van der Waals surface area (Å²) in [5, 5.41) is 13.2. The lowest BCUT2D eigenvalue weighted by Crippen LogP contribution is -2.28. The number of fused-ring (bicyclic) bond motifs is 6. The summed E-state index contributed by atoms with van der Waals surface area (Å²) in [5.41, 5.74) is 14.3. The van der Waals surface area contributed by atoms with Gasteiger partial charge in [0.25, 0.3) is 10.1 Å². The molecule has 0 amide bonds. The number of hydrogen-bond acceptors (Lipinski definition) is 12. The molecule has 12 aromatic carbocycles. The first-order valence-corrected chi connectivity index (χ1v) is 32.0. The number of ketones is 2. The highest BCUT2D eigenvalue weighted by Crippen LogP contribution is 2.58. The molecule has 0 unspecified atom stereocenters. The summed E-state index contributed by atoms with van der Waals surface area (Å²) >= 11 is 0.641. The Kier molecular flexibility index (Phi) is 16.0. The molecule has 14 heteroatoms. The monoisotopic (exact) mass is 1260 g/mol. The molecule has 12 aromatic rings. The Bertz CT molecular complexity index is 4840. The maximum atomic E-state index is 14.3. The van der Waals surface area contributed by atoms with Crippen molar-refractivity contribution in [2.45, 2.75) is 34.2 Å². The number of aryl methyl sites for hydroxylation is 1. The average molecular weight is 1260 g/mol. The van der Waals surface area contributed by atoms with E-state index >= 15 is 0 Å². The summed E-state index contributed by atoms with van der Waals surface area (Å²) in [6, 6.07) is 88.1. The Morgan fingerprint density at radius 3 is 1.26 bits per heavy atom. The van der Waals surface area contributed by atoms with E-state index in [1.54, 1.807) is 55.6 Å². The zero-order valence-electron chi connectivity index (χ0n) is 50.1. The highest BCUT2D eigenvalue weighted by atomic mass is 32.2. The highest BCUT2D eigenvalue weighted by molar-refractivity contribution is 7.94. The van der Waals surface area contributed by atoms with Crippen molar-refractivity contribution in [2.24, 2.45) is 0 Å². The summed E-state index contributed by atoms with van der Waals surface area (Å²) in [7, 11) is -3.32. The highest BCUT2D eigenvalue weighted by Gasteiger charge is 2.47. The molecule has 0 bridgehead atoms. The Morgan fingerprint density at radius 1 is 0.430 bits per heavy atom. The molecule has 2 aliphatic carbocycles. The number of carbonyl (C=O) groups is 2. The second kappa shape index (κ2) is 24.8. The van der Waals surface area contributed by atoms with Crippen molar-refractivity contribution in [1.29, 1.82) is 0 Å². The van der Waals surface area contributed by atoms with Gasteiger partial charge < -0.3 is 18.9 Å². The Hall–Kier alpha value is -10.7. The number of hydrogen-bond donors (Lipinski definition) is 2. The van der Waals surface area contributed by atoms with E-state index < -0.39 is 31.6 Å². The van der Waals surface area contributed by atoms with E-state index in [4.69, 9.17) is 23.3 Å². The number of carbonyl (C=O) groups excluding carboxylic acids is 2. The van der Waals surface area contributed by atoms with Crippen LogP contribution in [-0.2, 0) is 36.9 Å². The van der Waals surface area contributed by atoms with Crippen molar-refractivity contribution < 1.29 is 56.1 Å². The van der Waals surface area contributed by atoms with Crippen LogP contribution in [0.1, 0.15) is 87.5 Å². The van der Waals surface area contributed by atoms with Gasteiger partial charge in [-0.1, -0.05) is 193 Å². The zero-order chi connectivity index (χ0) is 63.8. The summed E-state index contributed by atoms with van der Waals surface area (Å²) in [5.74, 6) is 1.92. The van der Waals surface area contributed by atoms with Gasteiger partial charge in [0, 0.05) is 32.7 Å². The lowest BCUT2D eigenvalue weighted by molar-refractivity contribution is -0.432. The molecule has 0 saturated heterocycles. The molecule has 0 saturated carbocycles. The van der Waals surface area contributed by atoms with Crippen LogP contribution in [0.2, 0.25) is 0 Å². The van der Waals surface area contributed by atoms with E-state index in [-0.39, 0.29) is 35.0 Å². The van der Waals surface area contributed by atoms with Crippen LogP contribution < -0.4 is 18.9 Å². The molecule has 2 aliphatic rings. The van der Waals surface area contributed by atoms with Crippen LogP contribution in [0.3, 0.4) is 0 Å². The van der Waals surface area contributed by atoms with Gasteiger partial charge in [-0.3, -0.25) is 14.1 Å². The molecule has 0 aliphatic heterocycles. The molecule has 2 N–H and O–H groups in total. The lowest BCUT2D eigenvalue weighted by atomic mass is 9.68. The Labute approximate surface area is 541 Å². The van der Waals surface area contributed by atoms with E-state index in [2.05, 4.69) is 102 Å². The molecule has 12 nitrogen and oxygen atoms in total. The Balaban J connectivity index is 0.703. The number of methoxy groups -OCH3 is 1. The van der Waals surface area contributed by atoms with Crippen LogP contribution in [0.15, 0.2) is 289 Å². The first-order chi connectivity index (χ1) is 45.3. The topological polar surface area (TPSA) is 164 Å². The fourth-order valence-corrected chi connectivity index (χ4v) is 14.4. The minimum atomic E-state index is -4.95. The maximum absolute atomic E-state index is 14.3. The lowest BCUT2D eigenvalue weighted by Gasteiger charge is -2.34. The van der Waals surface area contributed by atoms with Gasteiger partial charge in [-0.15, -0.1) is 4.33 Å². The third-order valence-corrected chi connectivity index (χ3v) is 19.1. The van der Waals surface area contributed by atoms with Crippen LogP contribution in [0.25, 0.3) is 22.3 Å². The molecule has 14 rings (SSSR count). The standard InChI is InChI=1S/C79H56O12S2/c1-50-19-21-51(22-20-50)76(80)52-25-36-62(37-26-52)88-63-42-32-58(33-43-63)79(71-17-9-5-13-67(71)68-14-6-10-18-72(68)79)57-30-40-61(41-31-57)87-49-55-24-23-53(47-74(55)92-91-90-82)77(81)54-27-46-73(75(48-54)93(83,84)85)89-64-44-34-59(35-45-64)78(56-28-38-60(86-2)39-29-56)69-15-7-3-11-65(69)66-12-4-8-16-70(66)78/h3-48,82H,49H2,1-2H3,(H,83,84,85). The third kappa shape index (κ3) is 10.9. The zero-order valence-corrected chi connectivity index (χ0v) is 51.7. The van der Waals surface area contributed by atoms with Gasteiger partial charge in [0.1, 0.15) is 46.0 Å². The van der Waals surface area contributed by atoms with Crippen LogP contribution in [0.4, 0.5) is 0 Å². The molecule has 0 spiro atoms. The molecule has 0 fully saturated rings. The van der Waals surface area contributed by atoms with Crippen LogP contribution in [-0.4, -0.2) is 36.9 Å². The van der Waals surface area contributed by atoms with Gasteiger partial charge in [0.05, 0.1) is 30.0 Å². The van der Waals surface area contributed by atoms with Crippen molar-refractivity contribution >= 4 is 33.7 Å². The molecular weight excluding hydrogens is 1200 g/mol. The predicted molar refractivity (Wildman–Crippen MR) is 356 cm³/mol. The first-order valence-electron chi connectivity index (χ1n) is 29.8. The number of rotatable bonds is 20. The van der Waals surface area contributed by atoms with Gasteiger partial charge in [-0.05, 0) is 171 Å². The fourth-order valence-electron chi connectivity index (χ4n) is 13.3. The van der Waals surface area contributed by atoms with Crippen LogP contribution in [0.5, 0.6) is 34.5 Å². The van der Waals surface area contributed by atoms with Gasteiger partial charge >= 0.3 is 0 Å². The van der Waals surface area contributed by atoms with E-state index in [0.29, 0.717) is 50.9 Å². The minimum Gasteiger partial charge on any atom is -0.497 e. The van der Waals surface area contributed by atoms with E-state index in [1.165, 1.54) is 18.2 Å². The predicted octanol–water partition coefficient (Wildman–Crippen LogP) is 18.0. The molecule has 0 atom stereocenters. The molecule has 93 heavy (non-hydrogen) atoms. The summed E-state index contributed by atoms with van der Waals surface area (Å²) in [6.45, 7) is 1.99. The molecule has 0 heterocycles. The SMILES string of the molecule is COc1ccc(C2(c3ccc(Oc4ccc(C(=O)c5ccc(COc6ccc(C7(c8ccc(Oc9ccc(C(=O)c%10ccc(C)cc%10)cc9)cc8)c8ccccc8-c8ccccc87)cc6)c(SOOO)c5)cc4S(=O)(=O)O)cc3)c3ccccc3-c3ccccc32)cc1. The summed E-state index contributed by atoms with van der Waals surface area (Å²) < 4.78 is 66.3. The van der Waals surface area contributed by atoms with Crippen molar-refractivity contribution in [3.05, 3.63) is 357 Å². The second-order valence-electron chi connectivity index (χ2n) is 22.7. The first kappa shape index (κ1) is 59.9. The average Bonchev–Trinajstić information content (AvgIpc) is 1.57. The smallest absolute Gasteiger partial charge is 0.298 e. The molecule has 0 aromatic heterocycles. The minimum absolute atomic E-state index is 0.00202. The largest absolute Gasteiger partial charge is 0.497 e. The normalized spacial score (nSPS) is 13.0. The molecular formula is C79H56O12S2. The molecule has 456 valence electrons. The summed E-state index contributed by atoms with van der Waals surface area (Å²) in [4.78, 5) is 27.2. The van der Waals surface area contributed by atoms with Gasteiger partial charge in [0.15, 0.2) is 11.6 Å². The van der Waals surface area contributed by atoms with E-state index in [0.717, 1.165) is 84.1 Å². The van der Waals surface area contributed by atoms with Crippen molar-refractivity contribution in [3.63, 3.8) is 0 Å². The van der Waals surface area contributed by atoms with Gasteiger partial charge in [-0.25, -0.2) is 5.26 Å². The van der Waals surface area contributed by atoms with E-state index in [1.807, 2.05) is 116 Å². The van der Waals surface area contributed by atoms with Gasteiger partial charge in [-0.2, -0.15) is 8.42 Å². The maximum Gasteiger partial charge on any atom is 0.298 e. The quantitative estimate of drug-likeness (QED) is 0.0244. The Morgan fingerprint density at radius 2 is 0.806 bits per heavy atom. The second-order valence-corrected chi connectivity index (χ2v) is 24.8. The van der Waals surface area contributed by atoms with Crippen molar-refractivity contribution in [3.8, 4) is 56.8 Å². The molecule has 0 radical (unpaired) electrons. The van der Waals surface area contributed by atoms with Crippen LogP contribution >= 0.6 is 12.0 Å². The van der Waals surface area contributed by atoms with E-state index in [9.17, 15) is 27.8 Å². The summed E-state index contributed by atoms with van der Waals surface area (Å²) in [6.07, 6.45) is 0. The van der Waals surface area contributed by atoms with Crippen LogP contribution in [0, 0.1) is 6.92 Å². The fraction of sp³-hybridized carbons (Fsp3) is 0.0633. The van der Waals surface area contributed by atoms with Gasteiger partial charge in [0.2, 0.25) is 0 Å². The third-order valence-electron chi connectivity index (χ3n) is 17.5. The van der Waals surface area contributed by atoms with Crippen molar-refractivity contribution in [1.82, 2.24) is 0 Å². The number of ether oxygens (including phenoxy) is 4. The number of benzene rings is 12.